The SMILES string of the molecule is COC(CCCCl)(OC)c1ccc2c(c1)CCC2. The molecular weight excluding hydrogens is 248 g/mol. The minimum absolute atomic E-state index is 0.624. The van der Waals surface area contributed by atoms with Gasteiger partial charge in [-0.1, -0.05) is 18.2 Å². The second-order valence-corrected chi connectivity index (χ2v) is 5.17. The summed E-state index contributed by atoms with van der Waals surface area (Å²) < 4.78 is 11.3. The first-order valence-corrected chi connectivity index (χ1v) is 7.08. The van der Waals surface area contributed by atoms with E-state index in [1.54, 1.807) is 14.2 Å². The maximum absolute atomic E-state index is 5.79. The van der Waals surface area contributed by atoms with Crippen LogP contribution in [0.5, 0.6) is 0 Å². The van der Waals surface area contributed by atoms with E-state index in [1.807, 2.05) is 0 Å². The lowest BCUT2D eigenvalue weighted by molar-refractivity contribution is -0.220. The van der Waals surface area contributed by atoms with Crippen molar-refractivity contribution in [1.82, 2.24) is 0 Å². The number of rotatable bonds is 6. The lowest BCUT2D eigenvalue weighted by atomic mass is 9.97. The van der Waals surface area contributed by atoms with Crippen molar-refractivity contribution in [3.63, 3.8) is 0 Å². The van der Waals surface area contributed by atoms with Gasteiger partial charge >= 0.3 is 0 Å². The van der Waals surface area contributed by atoms with Gasteiger partial charge in [0, 0.05) is 32.1 Å². The number of fused-ring (bicyclic) bond motifs is 1. The standard InChI is InChI=1S/C15H21ClO2/c1-17-15(18-2,9-4-10-16)14-8-7-12-5-3-6-13(12)11-14/h7-8,11H,3-6,9-10H2,1-2H3. The van der Waals surface area contributed by atoms with Crippen molar-refractivity contribution in [3.8, 4) is 0 Å². The molecule has 0 atom stereocenters. The van der Waals surface area contributed by atoms with Crippen molar-refractivity contribution in [2.24, 2.45) is 0 Å². The fourth-order valence-corrected chi connectivity index (χ4v) is 2.91. The third kappa shape index (κ3) is 2.56. The molecule has 0 aliphatic heterocycles. The molecule has 0 amide bonds. The average Bonchev–Trinajstić information content (AvgIpc) is 2.88. The molecule has 100 valence electrons. The van der Waals surface area contributed by atoms with Crippen LogP contribution >= 0.6 is 11.6 Å². The van der Waals surface area contributed by atoms with Crippen molar-refractivity contribution in [2.45, 2.75) is 37.9 Å². The van der Waals surface area contributed by atoms with Crippen LogP contribution in [0.4, 0.5) is 0 Å². The molecule has 1 aliphatic rings. The van der Waals surface area contributed by atoms with Crippen molar-refractivity contribution < 1.29 is 9.47 Å². The van der Waals surface area contributed by atoms with Crippen LogP contribution in [0.3, 0.4) is 0 Å². The number of halogens is 1. The maximum atomic E-state index is 5.79. The van der Waals surface area contributed by atoms with E-state index in [1.165, 1.54) is 30.4 Å². The van der Waals surface area contributed by atoms with Crippen LogP contribution < -0.4 is 0 Å². The molecule has 0 heterocycles. The molecule has 0 radical (unpaired) electrons. The summed E-state index contributed by atoms with van der Waals surface area (Å²) in [5, 5.41) is 0. The predicted octanol–water partition coefficient (Wildman–Crippen LogP) is 3.64. The van der Waals surface area contributed by atoms with E-state index in [-0.39, 0.29) is 0 Å². The zero-order valence-corrected chi connectivity index (χ0v) is 11.9. The largest absolute Gasteiger partial charge is 0.349 e. The summed E-state index contributed by atoms with van der Waals surface area (Å²) in [6, 6.07) is 6.58. The molecule has 0 unspecified atom stereocenters. The Hall–Kier alpha value is -0.570. The van der Waals surface area contributed by atoms with Crippen LogP contribution in [-0.2, 0) is 28.1 Å². The van der Waals surface area contributed by atoms with Gasteiger partial charge in [0.05, 0.1) is 0 Å². The Morgan fingerprint density at radius 2 is 1.89 bits per heavy atom. The van der Waals surface area contributed by atoms with Crippen LogP contribution in [-0.4, -0.2) is 20.1 Å². The van der Waals surface area contributed by atoms with E-state index in [9.17, 15) is 0 Å². The third-order valence-electron chi connectivity index (χ3n) is 3.84. The van der Waals surface area contributed by atoms with Crippen molar-refractivity contribution >= 4 is 11.6 Å². The predicted molar refractivity (Wildman–Crippen MR) is 74.1 cm³/mol. The Balaban J connectivity index is 2.30. The summed E-state index contributed by atoms with van der Waals surface area (Å²) >= 11 is 5.79. The van der Waals surface area contributed by atoms with E-state index in [0.29, 0.717) is 5.88 Å². The Kier molecular flexibility index (Phi) is 4.66. The number of alkyl halides is 1. The first kappa shape index (κ1) is 13.9. The number of ether oxygens (including phenoxy) is 2. The summed E-state index contributed by atoms with van der Waals surface area (Å²) in [6.45, 7) is 0. The topological polar surface area (TPSA) is 18.5 Å². The number of hydrogen-bond acceptors (Lipinski definition) is 2. The molecule has 0 saturated heterocycles. The second-order valence-electron chi connectivity index (χ2n) is 4.79. The average molecular weight is 269 g/mol. The fourth-order valence-electron chi connectivity index (χ4n) is 2.78. The van der Waals surface area contributed by atoms with Gasteiger partial charge in [-0.25, -0.2) is 0 Å². The summed E-state index contributed by atoms with van der Waals surface area (Å²) in [6.07, 6.45) is 5.28. The minimum atomic E-state index is -0.646. The van der Waals surface area contributed by atoms with E-state index < -0.39 is 5.79 Å². The van der Waals surface area contributed by atoms with E-state index in [0.717, 1.165) is 18.4 Å². The number of aryl methyl sites for hydroxylation is 2. The summed E-state index contributed by atoms with van der Waals surface area (Å²) in [7, 11) is 3.40. The molecule has 0 spiro atoms. The Morgan fingerprint density at radius 3 is 2.56 bits per heavy atom. The molecule has 1 aliphatic carbocycles. The normalized spacial score (nSPS) is 14.8. The Bertz CT molecular complexity index is 399. The van der Waals surface area contributed by atoms with Gasteiger partial charge < -0.3 is 9.47 Å². The molecule has 18 heavy (non-hydrogen) atoms. The maximum Gasteiger partial charge on any atom is 0.194 e. The fraction of sp³-hybridized carbons (Fsp3) is 0.600. The van der Waals surface area contributed by atoms with Gasteiger partial charge in [0.15, 0.2) is 5.79 Å². The quantitative estimate of drug-likeness (QED) is 0.579. The Morgan fingerprint density at radius 1 is 1.17 bits per heavy atom. The lowest BCUT2D eigenvalue weighted by Gasteiger charge is -2.31. The minimum Gasteiger partial charge on any atom is -0.349 e. The monoisotopic (exact) mass is 268 g/mol. The zero-order chi connectivity index (χ0) is 13.0. The number of methoxy groups -OCH3 is 2. The first-order valence-electron chi connectivity index (χ1n) is 6.54. The zero-order valence-electron chi connectivity index (χ0n) is 11.2. The highest BCUT2D eigenvalue weighted by molar-refractivity contribution is 6.17. The van der Waals surface area contributed by atoms with E-state index in [4.69, 9.17) is 21.1 Å². The third-order valence-corrected chi connectivity index (χ3v) is 4.10. The van der Waals surface area contributed by atoms with Gasteiger partial charge in [-0.05, 0) is 36.8 Å². The first-order chi connectivity index (χ1) is 8.75. The highest BCUT2D eigenvalue weighted by Crippen LogP contribution is 2.34. The molecule has 0 aromatic heterocycles. The molecular formula is C15H21ClO2. The highest BCUT2D eigenvalue weighted by atomic mass is 35.5. The molecule has 2 nitrogen and oxygen atoms in total. The van der Waals surface area contributed by atoms with E-state index in [2.05, 4.69) is 18.2 Å². The summed E-state index contributed by atoms with van der Waals surface area (Å²) in [5.41, 5.74) is 4.02. The number of benzene rings is 1. The van der Waals surface area contributed by atoms with Gasteiger partial charge in [-0.3, -0.25) is 0 Å². The van der Waals surface area contributed by atoms with Crippen LogP contribution in [0.25, 0.3) is 0 Å². The smallest absolute Gasteiger partial charge is 0.194 e. The van der Waals surface area contributed by atoms with E-state index >= 15 is 0 Å². The molecule has 1 aromatic rings. The second kappa shape index (κ2) is 6.05. The molecule has 0 bridgehead atoms. The number of hydrogen-bond donors (Lipinski definition) is 0. The highest BCUT2D eigenvalue weighted by Gasteiger charge is 2.32. The van der Waals surface area contributed by atoms with Crippen LogP contribution in [0.2, 0.25) is 0 Å². The Labute approximate surface area is 114 Å². The van der Waals surface area contributed by atoms with Gasteiger partial charge in [0.1, 0.15) is 0 Å². The van der Waals surface area contributed by atoms with Gasteiger partial charge in [-0.15, -0.1) is 11.6 Å². The van der Waals surface area contributed by atoms with Crippen molar-refractivity contribution in [3.05, 3.63) is 34.9 Å². The van der Waals surface area contributed by atoms with Gasteiger partial charge in [0.2, 0.25) is 0 Å². The molecule has 2 rings (SSSR count). The van der Waals surface area contributed by atoms with Crippen molar-refractivity contribution in [2.75, 3.05) is 20.1 Å². The molecule has 3 heteroatoms. The summed E-state index contributed by atoms with van der Waals surface area (Å²) in [5.74, 6) is -0.0219. The molecule has 0 saturated carbocycles. The van der Waals surface area contributed by atoms with Gasteiger partial charge in [-0.2, -0.15) is 0 Å². The van der Waals surface area contributed by atoms with Gasteiger partial charge in [0.25, 0.3) is 0 Å². The molecule has 0 fully saturated rings. The van der Waals surface area contributed by atoms with Crippen LogP contribution in [0.15, 0.2) is 18.2 Å². The lowest BCUT2D eigenvalue weighted by Crippen LogP contribution is -2.31. The summed E-state index contributed by atoms with van der Waals surface area (Å²) in [4.78, 5) is 0. The molecule has 1 aromatic carbocycles. The van der Waals surface area contributed by atoms with Crippen LogP contribution in [0.1, 0.15) is 36.0 Å². The van der Waals surface area contributed by atoms with Crippen LogP contribution in [0, 0.1) is 0 Å². The molecule has 0 N–H and O–H groups in total. The van der Waals surface area contributed by atoms with Crippen molar-refractivity contribution in [1.29, 1.82) is 0 Å².